The minimum Gasteiger partial charge on any atom is -0.319 e. The Balaban J connectivity index is 1.95. The van der Waals surface area contributed by atoms with Gasteiger partial charge >= 0.3 is 0 Å². The van der Waals surface area contributed by atoms with Gasteiger partial charge in [0.2, 0.25) is 0 Å². The summed E-state index contributed by atoms with van der Waals surface area (Å²) in [7, 11) is 0. The normalized spacial score (nSPS) is 10.7. The number of amides is 1. The van der Waals surface area contributed by atoms with E-state index in [1.54, 1.807) is 12.1 Å². The molecule has 0 atom stereocenters. The number of rotatable bonds is 2. The van der Waals surface area contributed by atoms with E-state index >= 15 is 0 Å². The van der Waals surface area contributed by atoms with Crippen LogP contribution in [0.3, 0.4) is 0 Å². The van der Waals surface area contributed by atoms with Crippen LogP contribution in [-0.2, 0) is 0 Å². The van der Waals surface area contributed by atoms with Crippen molar-refractivity contribution in [2.45, 2.75) is 6.92 Å². The maximum Gasteiger partial charge on any atom is 0.255 e. The summed E-state index contributed by atoms with van der Waals surface area (Å²) in [6.07, 6.45) is 3.83. The second-order valence-electron chi connectivity index (χ2n) is 4.50. The van der Waals surface area contributed by atoms with Crippen molar-refractivity contribution in [2.24, 2.45) is 0 Å². The predicted molar refractivity (Wildman–Crippen MR) is 82.0 cm³/mol. The Labute approximate surface area is 124 Å². The van der Waals surface area contributed by atoms with Gasteiger partial charge in [0.05, 0.1) is 11.4 Å². The van der Waals surface area contributed by atoms with Crippen molar-refractivity contribution in [2.75, 3.05) is 5.32 Å². The van der Waals surface area contributed by atoms with Crippen LogP contribution in [0.4, 0.5) is 5.69 Å². The monoisotopic (exact) mass is 329 g/mol. The number of benzene rings is 1. The van der Waals surface area contributed by atoms with Crippen LogP contribution in [0.2, 0.25) is 0 Å². The number of anilines is 1. The first-order valence-electron chi connectivity index (χ1n) is 6.15. The van der Waals surface area contributed by atoms with E-state index in [4.69, 9.17) is 0 Å². The van der Waals surface area contributed by atoms with E-state index in [2.05, 4.69) is 26.2 Å². The van der Waals surface area contributed by atoms with Gasteiger partial charge in [0.25, 0.3) is 5.91 Å². The predicted octanol–water partition coefficient (Wildman–Crippen LogP) is 3.66. The number of carbonyl (C=O) groups is 1. The van der Waals surface area contributed by atoms with Crippen molar-refractivity contribution < 1.29 is 4.79 Å². The standard InChI is InChI=1S/C15H12BrN3O/c1-10-9-19-7-3-6-13(14(19)17-10)18-15(20)11-4-2-5-12(16)8-11/h2-9H,1H3,(H,18,20). The maximum absolute atomic E-state index is 12.2. The van der Waals surface area contributed by atoms with Crippen molar-refractivity contribution in [3.05, 3.63) is 64.5 Å². The van der Waals surface area contributed by atoms with E-state index in [0.717, 1.165) is 15.8 Å². The van der Waals surface area contributed by atoms with Gasteiger partial charge in [-0.25, -0.2) is 4.98 Å². The minimum atomic E-state index is -0.153. The van der Waals surface area contributed by atoms with Gasteiger partial charge < -0.3 is 9.72 Å². The largest absolute Gasteiger partial charge is 0.319 e. The first-order chi connectivity index (χ1) is 9.63. The molecule has 1 amide bonds. The van der Waals surface area contributed by atoms with Gasteiger partial charge in [-0.1, -0.05) is 22.0 Å². The molecule has 20 heavy (non-hydrogen) atoms. The van der Waals surface area contributed by atoms with Crippen LogP contribution in [0, 0.1) is 6.92 Å². The Morgan fingerprint density at radius 2 is 2.15 bits per heavy atom. The SMILES string of the molecule is Cc1cn2cccc(NC(=O)c3cccc(Br)c3)c2n1. The van der Waals surface area contributed by atoms with Gasteiger partial charge in [-0.15, -0.1) is 0 Å². The number of imidazole rings is 1. The first kappa shape index (κ1) is 12.9. The van der Waals surface area contributed by atoms with Gasteiger partial charge in [0, 0.05) is 22.4 Å². The molecule has 0 bridgehead atoms. The van der Waals surface area contributed by atoms with Crippen molar-refractivity contribution in [3.8, 4) is 0 Å². The van der Waals surface area contributed by atoms with Crippen LogP contribution in [0.15, 0.2) is 53.3 Å². The van der Waals surface area contributed by atoms with Crippen LogP contribution in [0.5, 0.6) is 0 Å². The Bertz CT molecular complexity index is 795. The van der Waals surface area contributed by atoms with E-state index in [0.29, 0.717) is 11.3 Å². The third-order valence-corrected chi connectivity index (χ3v) is 3.43. The second-order valence-corrected chi connectivity index (χ2v) is 5.42. The Hall–Kier alpha value is -2.14. The van der Waals surface area contributed by atoms with Crippen molar-refractivity contribution in [3.63, 3.8) is 0 Å². The molecule has 5 heteroatoms. The summed E-state index contributed by atoms with van der Waals surface area (Å²) in [4.78, 5) is 16.7. The van der Waals surface area contributed by atoms with E-state index in [9.17, 15) is 4.79 Å². The Morgan fingerprint density at radius 1 is 1.30 bits per heavy atom. The molecule has 2 heterocycles. The summed E-state index contributed by atoms with van der Waals surface area (Å²) in [5, 5.41) is 2.90. The van der Waals surface area contributed by atoms with E-state index < -0.39 is 0 Å². The molecule has 0 unspecified atom stereocenters. The van der Waals surface area contributed by atoms with E-state index in [1.807, 2.05) is 48.0 Å². The van der Waals surface area contributed by atoms with Crippen molar-refractivity contribution in [1.82, 2.24) is 9.38 Å². The highest BCUT2D eigenvalue weighted by atomic mass is 79.9. The smallest absolute Gasteiger partial charge is 0.255 e. The van der Waals surface area contributed by atoms with Gasteiger partial charge in [0.1, 0.15) is 0 Å². The number of carbonyl (C=O) groups excluding carboxylic acids is 1. The Kier molecular flexibility index (Phi) is 3.28. The molecule has 2 aromatic heterocycles. The van der Waals surface area contributed by atoms with Crippen LogP contribution >= 0.6 is 15.9 Å². The van der Waals surface area contributed by atoms with Gasteiger partial charge in [0.15, 0.2) is 5.65 Å². The summed E-state index contributed by atoms with van der Waals surface area (Å²) >= 11 is 3.36. The molecular weight excluding hydrogens is 318 g/mol. The highest BCUT2D eigenvalue weighted by Crippen LogP contribution is 2.18. The fourth-order valence-electron chi connectivity index (χ4n) is 2.06. The number of aryl methyl sites for hydroxylation is 1. The zero-order chi connectivity index (χ0) is 14.1. The molecule has 0 spiro atoms. The van der Waals surface area contributed by atoms with Gasteiger partial charge in [-0.3, -0.25) is 4.79 Å². The zero-order valence-electron chi connectivity index (χ0n) is 10.8. The summed E-state index contributed by atoms with van der Waals surface area (Å²) in [5.74, 6) is -0.153. The molecule has 0 aliphatic rings. The topological polar surface area (TPSA) is 46.4 Å². The quantitative estimate of drug-likeness (QED) is 0.779. The van der Waals surface area contributed by atoms with Crippen molar-refractivity contribution >= 4 is 33.2 Å². The number of fused-ring (bicyclic) bond motifs is 1. The lowest BCUT2D eigenvalue weighted by Gasteiger charge is -2.06. The summed E-state index contributed by atoms with van der Waals surface area (Å²) in [5.41, 5.74) is 2.96. The van der Waals surface area contributed by atoms with Crippen LogP contribution in [0.1, 0.15) is 16.1 Å². The summed E-state index contributed by atoms with van der Waals surface area (Å²) in [6.45, 7) is 1.92. The molecule has 0 radical (unpaired) electrons. The first-order valence-corrected chi connectivity index (χ1v) is 6.94. The lowest BCUT2D eigenvalue weighted by molar-refractivity contribution is 0.102. The third kappa shape index (κ3) is 2.44. The highest BCUT2D eigenvalue weighted by molar-refractivity contribution is 9.10. The molecule has 0 aliphatic heterocycles. The van der Waals surface area contributed by atoms with Crippen LogP contribution in [0.25, 0.3) is 5.65 Å². The Morgan fingerprint density at radius 3 is 2.95 bits per heavy atom. The lowest BCUT2D eigenvalue weighted by atomic mass is 10.2. The average Bonchev–Trinajstić information content (AvgIpc) is 2.80. The zero-order valence-corrected chi connectivity index (χ0v) is 12.4. The molecule has 0 saturated carbocycles. The minimum absolute atomic E-state index is 0.153. The highest BCUT2D eigenvalue weighted by Gasteiger charge is 2.10. The fourth-order valence-corrected chi connectivity index (χ4v) is 2.46. The van der Waals surface area contributed by atoms with Gasteiger partial charge in [-0.05, 0) is 37.3 Å². The fraction of sp³-hybridized carbons (Fsp3) is 0.0667. The molecule has 4 nitrogen and oxygen atoms in total. The van der Waals surface area contributed by atoms with E-state index in [1.165, 1.54) is 0 Å². The third-order valence-electron chi connectivity index (χ3n) is 2.94. The lowest BCUT2D eigenvalue weighted by Crippen LogP contribution is -2.12. The molecule has 100 valence electrons. The summed E-state index contributed by atoms with van der Waals surface area (Å²) in [6, 6.07) is 11.0. The summed E-state index contributed by atoms with van der Waals surface area (Å²) < 4.78 is 2.77. The number of hydrogen-bond acceptors (Lipinski definition) is 2. The maximum atomic E-state index is 12.2. The number of halogens is 1. The number of aromatic nitrogens is 2. The molecule has 0 aliphatic carbocycles. The second kappa shape index (κ2) is 5.09. The van der Waals surface area contributed by atoms with Crippen molar-refractivity contribution in [1.29, 1.82) is 0 Å². The average molecular weight is 330 g/mol. The molecule has 0 saturated heterocycles. The van der Waals surface area contributed by atoms with Gasteiger partial charge in [-0.2, -0.15) is 0 Å². The molecular formula is C15H12BrN3O. The van der Waals surface area contributed by atoms with E-state index in [-0.39, 0.29) is 5.91 Å². The molecule has 3 rings (SSSR count). The van der Waals surface area contributed by atoms with Crippen LogP contribution in [-0.4, -0.2) is 15.3 Å². The molecule has 1 aromatic carbocycles. The molecule has 1 N–H and O–H groups in total. The molecule has 3 aromatic rings. The van der Waals surface area contributed by atoms with Crippen LogP contribution < -0.4 is 5.32 Å². The number of pyridine rings is 1. The molecule has 0 fully saturated rings. The number of nitrogens with one attached hydrogen (secondary N) is 1. The number of nitrogens with zero attached hydrogens (tertiary/aromatic N) is 2. The number of hydrogen-bond donors (Lipinski definition) is 1.